The van der Waals surface area contributed by atoms with Crippen LogP contribution in [0.25, 0.3) is 6.08 Å². The summed E-state index contributed by atoms with van der Waals surface area (Å²) in [6, 6.07) is 10.3. The second-order valence-corrected chi connectivity index (χ2v) is 6.68. The number of amides is 1. The van der Waals surface area contributed by atoms with Gasteiger partial charge in [-0.1, -0.05) is 18.2 Å². The lowest BCUT2D eigenvalue weighted by Crippen LogP contribution is -2.22. The number of nitrogens with zero attached hydrogens (tertiary/aromatic N) is 2. The standard InChI is InChI=1S/C20H16N2O5S/c1-12-10-17(25)18(19(26)27-12)16(24)9-8-14-11-28-20(21-14)22(13(2)23)15-6-4-3-5-7-15/h3-11,25H,1-2H3/b9-8+. The van der Waals surface area contributed by atoms with Crippen LogP contribution >= 0.6 is 11.3 Å². The normalized spacial score (nSPS) is 10.9. The number of carbonyl (C=O) groups excluding carboxylic acids is 2. The summed E-state index contributed by atoms with van der Waals surface area (Å²) in [6.07, 6.45) is 2.53. The topological polar surface area (TPSA) is 101 Å². The van der Waals surface area contributed by atoms with Crippen LogP contribution in [0.1, 0.15) is 28.7 Å². The molecule has 0 aliphatic heterocycles. The Morgan fingerprint density at radius 2 is 1.96 bits per heavy atom. The van der Waals surface area contributed by atoms with Gasteiger partial charge in [-0.25, -0.2) is 9.78 Å². The molecule has 2 aromatic heterocycles. The van der Waals surface area contributed by atoms with E-state index in [1.54, 1.807) is 17.5 Å². The third-order valence-electron chi connectivity index (χ3n) is 3.74. The third-order valence-corrected chi connectivity index (χ3v) is 4.58. The maximum atomic E-state index is 12.2. The van der Waals surface area contributed by atoms with E-state index in [2.05, 4.69) is 4.98 Å². The Labute approximate surface area is 164 Å². The first-order valence-corrected chi connectivity index (χ1v) is 9.12. The molecule has 7 nitrogen and oxygen atoms in total. The molecular weight excluding hydrogens is 380 g/mol. The van der Waals surface area contributed by atoms with Crippen LogP contribution in [0.2, 0.25) is 0 Å². The van der Waals surface area contributed by atoms with Gasteiger partial charge in [-0.2, -0.15) is 0 Å². The lowest BCUT2D eigenvalue weighted by Gasteiger charge is -2.17. The minimum absolute atomic E-state index is 0.200. The number of ketones is 1. The van der Waals surface area contributed by atoms with E-state index >= 15 is 0 Å². The van der Waals surface area contributed by atoms with Crippen molar-refractivity contribution in [1.29, 1.82) is 0 Å². The molecule has 1 aromatic carbocycles. The average Bonchev–Trinajstić information content (AvgIpc) is 3.08. The molecule has 0 aliphatic carbocycles. The van der Waals surface area contributed by atoms with Crippen LogP contribution < -0.4 is 10.5 Å². The first-order chi connectivity index (χ1) is 13.4. The molecule has 0 unspecified atom stereocenters. The number of allylic oxidation sites excluding steroid dienone is 1. The van der Waals surface area contributed by atoms with Gasteiger partial charge in [-0.3, -0.25) is 14.5 Å². The van der Waals surface area contributed by atoms with Crippen molar-refractivity contribution in [1.82, 2.24) is 4.98 Å². The fourth-order valence-electron chi connectivity index (χ4n) is 2.53. The van der Waals surface area contributed by atoms with Crippen LogP contribution in [0.4, 0.5) is 10.8 Å². The van der Waals surface area contributed by atoms with Gasteiger partial charge in [0.25, 0.3) is 0 Å². The Balaban J connectivity index is 1.85. The van der Waals surface area contributed by atoms with E-state index in [-0.39, 0.29) is 11.7 Å². The summed E-state index contributed by atoms with van der Waals surface area (Å²) in [7, 11) is 0. The van der Waals surface area contributed by atoms with Crippen LogP contribution in [0, 0.1) is 6.92 Å². The van der Waals surface area contributed by atoms with Crippen molar-refractivity contribution >= 4 is 39.9 Å². The first-order valence-electron chi connectivity index (χ1n) is 8.24. The van der Waals surface area contributed by atoms with Crippen molar-refractivity contribution in [2.45, 2.75) is 13.8 Å². The van der Waals surface area contributed by atoms with E-state index in [9.17, 15) is 19.5 Å². The number of rotatable bonds is 5. The molecule has 0 bridgehead atoms. The lowest BCUT2D eigenvalue weighted by atomic mass is 10.1. The highest BCUT2D eigenvalue weighted by atomic mass is 32.1. The number of hydrogen-bond donors (Lipinski definition) is 1. The Hall–Kier alpha value is -3.52. The van der Waals surface area contributed by atoms with Gasteiger partial charge in [-0.15, -0.1) is 11.3 Å². The predicted octanol–water partition coefficient (Wildman–Crippen LogP) is 3.69. The number of benzene rings is 1. The molecule has 0 saturated carbocycles. The maximum absolute atomic E-state index is 12.2. The summed E-state index contributed by atoms with van der Waals surface area (Å²) in [4.78, 5) is 41.9. The molecule has 1 amide bonds. The number of hydrogen-bond acceptors (Lipinski definition) is 7. The maximum Gasteiger partial charge on any atom is 0.351 e. The molecule has 0 radical (unpaired) electrons. The largest absolute Gasteiger partial charge is 0.507 e. The molecule has 28 heavy (non-hydrogen) atoms. The van der Waals surface area contributed by atoms with Crippen molar-refractivity contribution in [3.63, 3.8) is 0 Å². The zero-order chi connectivity index (χ0) is 20.3. The molecule has 2 heterocycles. The zero-order valence-corrected chi connectivity index (χ0v) is 15.9. The highest BCUT2D eigenvalue weighted by molar-refractivity contribution is 7.14. The third kappa shape index (κ3) is 4.07. The number of anilines is 2. The second kappa shape index (κ2) is 8.01. The van der Waals surface area contributed by atoms with Gasteiger partial charge >= 0.3 is 5.63 Å². The monoisotopic (exact) mass is 396 g/mol. The minimum atomic E-state index is -0.905. The Morgan fingerprint density at radius 3 is 2.61 bits per heavy atom. The second-order valence-electron chi connectivity index (χ2n) is 5.85. The predicted molar refractivity (Wildman–Crippen MR) is 106 cm³/mol. The van der Waals surface area contributed by atoms with Crippen LogP contribution in [0.3, 0.4) is 0 Å². The Kier molecular flexibility index (Phi) is 5.51. The van der Waals surface area contributed by atoms with Gasteiger partial charge in [0.15, 0.2) is 10.9 Å². The highest BCUT2D eigenvalue weighted by Gasteiger charge is 2.18. The van der Waals surface area contributed by atoms with Gasteiger partial charge < -0.3 is 9.52 Å². The molecule has 142 valence electrons. The Bertz CT molecular complexity index is 1120. The van der Waals surface area contributed by atoms with Crippen LogP contribution in [0.15, 0.2) is 57.1 Å². The van der Waals surface area contributed by atoms with Crippen molar-refractivity contribution in [3.8, 4) is 5.75 Å². The number of carbonyl (C=O) groups is 2. The van der Waals surface area contributed by atoms with Gasteiger partial charge in [-0.05, 0) is 31.2 Å². The zero-order valence-electron chi connectivity index (χ0n) is 15.1. The van der Waals surface area contributed by atoms with E-state index in [4.69, 9.17) is 4.42 Å². The number of para-hydroxylation sites is 1. The van der Waals surface area contributed by atoms with E-state index in [1.807, 2.05) is 18.2 Å². The van der Waals surface area contributed by atoms with Gasteiger partial charge in [0, 0.05) is 18.4 Å². The fraction of sp³-hybridized carbons (Fsp3) is 0.100. The molecule has 8 heteroatoms. The molecule has 0 spiro atoms. The quantitative estimate of drug-likeness (QED) is 0.521. The smallest absolute Gasteiger partial charge is 0.351 e. The van der Waals surface area contributed by atoms with Crippen LogP contribution in [-0.2, 0) is 4.79 Å². The van der Waals surface area contributed by atoms with Gasteiger partial charge in [0.05, 0.1) is 11.4 Å². The van der Waals surface area contributed by atoms with Gasteiger partial charge in [0.2, 0.25) is 5.91 Å². The van der Waals surface area contributed by atoms with Crippen molar-refractivity contribution < 1.29 is 19.1 Å². The van der Waals surface area contributed by atoms with Gasteiger partial charge in [0.1, 0.15) is 17.1 Å². The minimum Gasteiger partial charge on any atom is -0.507 e. The van der Waals surface area contributed by atoms with Crippen LogP contribution in [0.5, 0.6) is 5.75 Å². The summed E-state index contributed by atoms with van der Waals surface area (Å²) < 4.78 is 4.85. The number of aryl methyl sites for hydroxylation is 1. The molecule has 0 aliphatic rings. The molecule has 3 rings (SSSR count). The molecule has 1 N–H and O–H groups in total. The first kappa shape index (κ1) is 19.2. The summed E-state index contributed by atoms with van der Waals surface area (Å²) in [5.74, 6) is -1.13. The van der Waals surface area contributed by atoms with Crippen molar-refractivity contribution in [2.75, 3.05) is 4.90 Å². The molecule has 0 fully saturated rings. The molecule has 0 atom stereocenters. The van der Waals surface area contributed by atoms with E-state index in [0.29, 0.717) is 16.5 Å². The Morgan fingerprint density at radius 1 is 1.25 bits per heavy atom. The van der Waals surface area contributed by atoms with E-state index in [0.717, 1.165) is 6.08 Å². The number of thiazole rings is 1. The summed E-state index contributed by atoms with van der Waals surface area (Å²) in [6.45, 7) is 2.93. The lowest BCUT2D eigenvalue weighted by molar-refractivity contribution is -0.115. The number of aromatic hydroxyl groups is 1. The summed E-state index contributed by atoms with van der Waals surface area (Å²) >= 11 is 1.24. The summed E-state index contributed by atoms with van der Waals surface area (Å²) in [5, 5.41) is 12.0. The van der Waals surface area contributed by atoms with Crippen LogP contribution in [-0.4, -0.2) is 21.8 Å². The fourth-order valence-corrected chi connectivity index (χ4v) is 3.38. The van der Waals surface area contributed by atoms with E-state index < -0.39 is 22.7 Å². The average molecular weight is 396 g/mol. The molecular formula is C20H16N2O5S. The molecule has 3 aromatic rings. The molecule has 0 saturated heterocycles. The SMILES string of the molecule is CC(=O)N(c1ccccc1)c1nc(/C=C/C(=O)c2c(O)cc(C)oc2=O)cs1. The van der Waals surface area contributed by atoms with Crippen molar-refractivity contribution in [2.24, 2.45) is 0 Å². The summed E-state index contributed by atoms with van der Waals surface area (Å²) in [5.41, 5.74) is -0.227. The van der Waals surface area contributed by atoms with Crippen molar-refractivity contribution in [3.05, 3.63) is 75.3 Å². The number of aromatic nitrogens is 1. The van der Waals surface area contributed by atoms with E-state index in [1.165, 1.54) is 42.2 Å². The highest BCUT2D eigenvalue weighted by Crippen LogP contribution is 2.29.